The zero-order chi connectivity index (χ0) is 10.7. The van der Waals surface area contributed by atoms with E-state index in [0.717, 1.165) is 5.56 Å². The minimum Gasteiger partial charge on any atom is -0.480 e. The summed E-state index contributed by atoms with van der Waals surface area (Å²) in [6.45, 7) is 0. The lowest BCUT2D eigenvalue weighted by atomic mass is 10.1. The number of aromatic nitrogens is 1. The van der Waals surface area contributed by atoms with Crippen LogP contribution in [0.5, 0.6) is 0 Å². The number of hydrogen-bond donors (Lipinski definition) is 2. The van der Waals surface area contributed by atoms with Gasteiger partial charge in [-0.3, -0.25) is 4.79 Å². The summed E-state index contributed by atoms with van der Waals surface area (Å²) in [5.74, 6) is -1.04. The van der Waals surface area contributed by atoms with E-state index in [1.54, 1.807) is 6.07 Å². The van der Waals surface area contributed by atoms with Crippen LogP contribution in [-0.2, 0) is 11.2 Å². The lowest BCUT2D eigenvalue weighted by molar-refractivity contribution is -0.138. The van der Waals surface area contributed by atoms with Crippen molar-refractivity contribution >= 4 is 33.5 Å². The number of pyridine rings is 1. The summed E-state index contributed by atoms with van der Waals surface area (Å²) in [6.07, 6.45) is 1.74. The van der Waals surface area contributed by atoms with E-state index in [1.807, 2.05) is 0 Å². The lowest BCUT2D eigenvalue weighted by Gasteiger charge is -2.07. The van der Waals surface area contributed by atoms with Crippen molar-refractivity contribution in [2.75, 3.05) is 0 Å². The highest BCUT2D eigenvalue weighted by Crippen LogP contribution is 2.19. The summed E-state index contributed by atoms with van der Waals surface area (Å²) in [5.41, 5.74) is 6.12. The largest absolute Gasteiger partial charge is 0.480 e. The van der Waals surface area contributed by atoms with E-state index < -0.39 is 12.0 Å². The molecule has 3 N–H and O–H groups in total. The maximum Gasteiger partial charge on any atom is 0.320 e. The average molecular weight is 280 g/mol. The van der Waals surface area contributed by atoms with Crippen LogP contribution in [-0.4, -0.2) is 22.1 Å². The number of nitrogens with zero attached hydrogens (tertiary/aromatic N) is 1. The summed E-state index contributed by atoms with van der Waals surface area (Å²) in [5, 5.41) is 8.93. The van der Waals surface area contributed by atoms with Gasteiger partial charge >= 0.3 is 5.97 Å². The first-order valence-corrected chi connectivity index (χ1v) is 4.96. The van der Waals surface area contributed by atoms with Crippen molar-refractivity contribution in [3.63, 3.8) is 0 Å². The van der Waals surface area contributed by atoms with Gasteiger partial charge in [0.25, 0.3) is 0 Å². The van der Waals surface area contributed by atoms with Crippen LogP contribution in [0, 0.1) is 0 Å². The Morgan fingerprint density at radius 1 is 1.79 bits per heavy atom. The van der Waals surface area contributed by atoms with Gasteiger partial charge in [-0.25, -0.2) is 4.98 Å². The zero-order valence-electron chi connectivity index (χ0n) is 7.08. The van der Waals surface area contributed by atoms with Crippen molar-refractivity contribution in [3.8, 4) is 0 Å². The van der Waals surface area contributed by atoms with Gasteiger partial charge in [-0.05, 0) is 34.0 Å². The van der Waals surface area contributed by atoms with Crippen LogP contribution in [0.1, 0.15) is 5.56 Å². The third kappa shape index (κ3) is 2.94. The number of aliphatic carboxylic acids is 1. The van der Waals surface area contributed by atoms with Crippen LogP contribution in [0.15, 0.2) is 16.7 Å². The average Bonchev–Trinajstić information content (AvgIpc) is 2.11. The topological polar surface area (TPSA) is 76.2 Å². The summed E-state index contributed by atoms with van der Waals surface area (Å²) < 4.78 is 0.707. The van der Waals surface area contributed by atoms with Gasteiger partial charge in [-0.2, -0.15) is 0 Å². The molecule has 0 aliphatic heterocycles. The van der Waals surface area contributed by atoms with Crippen LogP contribution in [0.3, 0.4) is 0 Å². The molecule has 4 nitrogen and oxygen atoms in total. The molecule has 0 aliphatic rings. The molecule has 1 aromatic rings. The quantitative estimate of drug-likeness (QED) is 0.821. The van der Waals surface area contributed by atoms with Gasteiger partial charge in [0.15, 0.2) is 0 Å². The Labute approximate surface area is 94.2 Å². The molecule has 0 fully saturated rings. The molecule has 1 atom stereocenters. The first-order valence-electron chi connectivity index (χ1n) is 3.79. The van der Waals surface area contributed by atoms with Gasteiger partial charge < -0.3 is 10.8 Å². The number of hydrogen-bond acceptors (Lipinski definition) is 3. The second kappa shape index (κ2) is 4.72. The molecule has 76 valence electrons. The van der Waals surface area contributed by atoms with E-state index in [1.165, 1.54) is 6.20 Å². The van der Waals surface area contributed by atoms with Crippen molar-refractivity contribution in [2.24, 2.45) is 5.73 Å². The molecule has 1 aromatic heterocycles. The summed E-state index contributed by atoms with van der Waals surface area (Å²) in [4.78, 5) is 14.3. The van der Waals surface area contributed by atoms with Crippen molar-refractivity contribution < 1.29 is 9.90 Å². The van der Waals surface area contributed by atoms with Crippen LogP contribution in [0.2, 0.25) is 5.15 Å². The standard InChI is InChI=1S/C8H8BrClN2O2/c9-5-3-12-7(10)2-4(5)1-6(11)8(13)14/h2-3,6H,1,11H2,(H,13,14). The number of carboxylic acids is 1. The smallest absolute Gasteiger partial charge is 0.320 e. The number of carboxylic acid groups (broad SMARTS) is 1. The summed E-state index contributed by atoms with van der Waals surface area (Å²) in [6, 6.07) is 0.666. The Morgan fingerprint density at radius 3 is 3.00 bits per heavy atom. The third-order valence-electron chi connectivity index (χ3n) is 1.66. The van der Waals surface area contributed by atoms with Crippen molar-refractivity contribution in [2.45, 2.75) is 12.5 Å². The first-order chi connectivity index (χ1) is 6.50. The molecule has 0 aromatic carbocycles. The Hall–Kier alpha value is -0.650. The third-order valence-corrected chi connectivity index (χ3v) is 2.58. The van der Waals surface area contributed by atoms with E-state index in [9.17, 15) is 4.79 Å². The molecule has 6 heteroatoms. The normalized spacial score (nSPS) is 12.5. The minimum absolute atomic E-state index is 0.220. The Bertz CT molecular complexity index is 359. The maximum absolute atomic E-state index is 10.5. The molecule has 0 spiro atoms. The number of carbonyl (C=O) groups is 1. The van der Waals surface area contributed by atoms with Crippen LogP contribution < -0.4 is 5.73 Å². The fraction of sp³-hybridized carbons (Fsp3) is 0.250. The predicted octanol–water partition coefficient (Wildman–Crippen LogP) is 1.45. The Kier molecular flexibility index (Phi) is 3.86. The predicted molar refractivity (Wildman–Crippen MR) is 56.3 cm³/mol. The Morgan fingerprint density at radius 2 is 2.43 bits per heavy atom. The molecule has 0 amide bonds. The van der Waals surface area contributed by atoms with E-state index in [2.05, 4.69) is 20.9 Å². The molecule has 0 radical (unpaired) electrons. The Balaban J connectivity index is 2.85. The molecule has 0 saturated carbocycles. The number of halogens is 2. The highest BCUT2D eigenvalue weighted by atomic mass is 79.9. The molecule has 1 rings (SSSR count). The van der Waals surface area contributed by atoms with Gasteiger partial charge in [0, 0.05) is 10.7 Å². The fourth-order valence-corrected chi connectivity index (χ4v) is 1.49. The van der Waals surface area contributed by atoms with E-state index in [4.69, 9.17) is 22.4 Å². The molecule has 14 heavy (non-hydrogen) atoms. The second-order valence-corrected chi connectivity index (χ2v) is 3.99. The van der Waals surface area contributed by atoms with Gasteiger partial charge in [0.05, 0.1) is 0 Å². The summed E-state index contributed by atoms with van der Waals surface area (Å²) in [7, 11) is 0. The van der Waals surface area contributed by atoms with E-state index in [-0.39, 0.29) is 6.42 Å². The van der Waals surface area contributed by atoms with Crippen LogP contribution in [0.25, 0.3) is 0 Å². The summed E-state index contributed by atoms with van der Waals surface area (Å²) >= 11 is 8.90. The molecular formula is C8H8BrClN2O2. The molecule has 0 bridgehead atoms. The number of rotatable bonds is 3. The van der Waals surface area contributed by atoms with Crippen LogP contribution >= 0.6 is 27.5 Å². The van der Waals surface area contributed by atoms with Crippen molar-refractivity contribution in [1.82, 2.24) is 4.98 Å². The zero-order valence-corrected chi connectivity index (χ0v) is 9.42. The highest BCUT2D eigenvalue weighted by molar-refractivity contribution is 9.10. The van der Waals surface area contributed by atoms with E-state index >= 15 is 0 Å². The SMILES string of the molecule is NC(Cc1cc(Cl)ncc1Br)C(=O)O. The molecule has 1 heterocycles. The first kappa shape index (κ1) is 11.4. The van der Waals surface area contributed by atoms with Gasteiger partial charge in [-0.1, -0.05) is 11.6 Å². The number of nitrogens with two attached hydrogens (primary N) is 1. The fourth-order valence-electron chi connectivity index (χ4n) is 0.932. The van der Waals surface area contributed by atoms with Crippen LogP contribution in [0.4, 0.5) is 0 Å². The minimum atomic E-state index is -1.04. The molecule has 0 aliphatic carbocycles. The highest BCUT2D eigenvalue weighted by Gasteiger charge is 2.14. The molecule has 0 saturated heterocycles. The van der Waals surface area contributed by atoms with E-state index in [0.29, 0.717) is 9.63 Å². The van der Waals surface area contributed by atoms with Crippen molar-refractivity contribution in [3.05, 3.63) is 27.5 Å². The second-order valence-electron chi connectivity index (χ2n) is 2.75. The van der Waals surface area contributed by atoms with Gasteiger partial charge in [-0.15, -0.1) is 0 Å². The van der Waals surface area contributed by atoms with Gasteiger partial charge in [0.1, 0.15) is 11.2 Å². The monoisotopic (exact) mass is 278 g/mol. The lowest BCUT2D eigenvalue weighted by Crippen LogP contribution is -2.32. The maximum atomic E-state index is 10.5. The van der Waals surface area contributed by atoms with Crippen molar-refractivity contribution in [1.29, 1.82) is 0 Å². The molecule has 1 unspecified atom stereocenters. The molecular weight excluding hydrogens is 271 g/mol. The van der Waals surface area contributed by atoms with Gasteiger partial charge in [0.2, 0.25) is 0 Å².